The number of hydrogen-bond donors (Lipinski definition) is 2. The summed E-state index contributed by atoms with van der Waals surface area (Å²) >= 11 is 0. The van der Waals surface area contributed by atoms with Crippen LogP contribution in [0.3, 0.4) is 0 Å². The van der Waals surface area contributed by atoms with E-state index in [-0.39, 0.29) is 1.43 Å². The van der Waals surface area contributed by atoms with Gasteiger partial charge in [0, 0.05) is 1.43 Å². The topological polar surface area (TPSA) is 64.7 Å². The van der Waals surface area contributed by atoms with E-state index in [2.05, 4.69) is 11.0 Å². The van der Waals surface area contributed by atoms with Crippen molar-refractivity contribution >= 4 is 0 Å². The smallest absolute Gasteiger partial charge is 0.119 e. The minimum absolute atomic E-state index is 0. The van der Waals surface area contributed by atoms with Crippen molar-refractivity contribution in [1.82, 2.24) is 0 Å². The Morgan fingerprint density at radius 3 is 2.60 bits per heavy atom. The van der Waals surface area contributed by atoms with E-state index in [4.69, 9.17) is 15.7 Å². The minimum Gasteiger partial charge on any atom is -0.497 e. The maximum atomic E-state index is 7.38. The minimum atomic E-state index is 0. The monoisotopic (exact) mass is 215 g/mol. The maximum Gasteiger partial charge on any atom is 0.119 e. The van der Waals surface area contributed by atoms with Crippen molar-refractivity contribution in [3.8, 4) is 5.75 Å². The van der Waals surface area contributed by atoms with E-state index in [9.17, 15) is 0 Å². The molecule has 0 radical (unpaired) electrons. The second-order valence-electron chi connectivity index (χ2n) is 2.81. The van der Waals surface area contributed by atoms with Crippen LogP contribution >= 0.6 is 0 Å². The molecule has 0 fully saturated rings. The molecule has 0 aliphatic heterocycles. The zero-order valence-electron chi connectivity index (χ0n) is 9.27. The van der Waals surface area contributed by atoms with Crippen LogP contribution in [0.25, 0.3) is 0 Å². The van der Waals surface area contributed by atoms with E-state index < -0.39 is 0 Å². The van der Waals surface area contributed by atoms with Crippen LogP contribution in [0.1, 0.15) is 13.9 Å². The average Bonchev–Trinajstić information content (AvgIpc) is 2.30. The van der Waals surface area contributed by atoms with Gasteiger partial charge in [-0.3, -0.25) is 5.26 Å². The number of benzene rings is 1. The van der Waals surface area contributed by atoms with E-state index in [0.717, 1.165) is 12.2 Å². The molecule has 0 aromatic heterocycles. The predicted octanol–water partition coefficient (Wildman–Crippen LogP) is 1.94. The van der Waals surface area contributed by atoms with Crippen molar-refractivity contribution in [3.05, 3.63) is 29.8 Å². The van der Waals surface area contributed by atoms with Crippen molar-refractivity contribution in [2.45, 2.75) is 13.3 Å². The van der Waals surface area contributed by atoms with Crippen molar-refractivity contribution in [2.24, 2.45) is 5.73 Å². The van der Waals surface area contributed by atoms with E-state index in [0.29, 0.717) is 13.2 Å². The molecule has 88 valence electrons. The number of methoxy groups -OCH3 is 1. The second-order valence-corrected chi connectivity index (χ2v) is 2.81. The highest BCUT2D eigenvalue weighted by molar-refractivity contribution is 5.28. The summed E-state index contributed by atoms with van der Waals surface area (Å²) in [5, 5.41) is 7.38. The molecule has 1 aromatic rings. The Labute approximate surface area is 92.0 Å². The number of ether oxygens (including phenoxy) is 1. The lowest BCUT2D eigenvalue weighted by Crippen LogP contribution is -2.02. The second kappa shape index (κ2) is 9.45. The molecule has 0 saturated heterocycles. The standard InChI is InChI=1S/C9H13NO.C2H6O2.H2/c1-11-9-4-2-3-8(7-9)5-6-10;1-2-4-3;/h2-4,7H,5-6,10H2,1H3;3H,2H2,1H3;1H. The van der Waals surface area contributed by atoms with E-state index in [1.165, 1.54) is 5.56 Å². The molecule has 0 saturated carbocycles. The quantitative estimate of drug-likeness (QED) is 0.595. The molecular weight excluding hydrogens is 194 g/mol. The maximum absolute atomic E-state index is 7.38. The molecule has 1 rings (SSSR count). The summed E-state index contributed by atoms with van der Waals surface area (Å²) in [5.74, 6) is 0.899. The van der Waals surface area contributed by atoms with Crippen LogP contribution in [0.2, 0.25) is 0 Å². The van der Waals surface area contributed by atoms with Crippen LogP contribution in [-0.2, 0) is 11.3 Å². The Hall–Kier alpha value is -1.10. The van der Waals surface area contributed by atoms with Crippen molar-refractivity contribution < 1.29 is 16.3 Å². The summed E-state index contributed by atoms with van der Waals surface area (Å²) in [5.41, 5.74) is 6.64. The van der Waals surface area contributed by atoms with Crippen LogP contribution in [0.5, 0.6) is 5.75 Å². The number of nitrogens with two attached hydrogens (primary N) is 1. The van der Waals surface area contributed by atoms with Crippen LogP contribution in [0.15, 0.2) is 24.3 Å². The van der Waals surface area contributed by atoms with Crippen molar-refractivity contribution in [2.75, 3.05) is 20.3 Å². The summed E-state index contributed by atoms with van der Waals surface area (Å²) in [6, 6.07) is 7.96. The summed E-state index contributed by atoms with van der Waals surface area (Å²) in [6.07, 6.45) is 0.914. The first-order valence-electron chi connectivity index (χ1n) is 4.87. The highest BCUT2D eigenvalue weighted by Crippen LogP contribution is 2.12. The van der Waals surface area contributed by atoms with Crippen molar-refractivity contribution in [1.29, 1.82) is 0 Å². The molecule has 0 spiro atoms. The van der Waals surface area contributed by atoms with Gasteiger partial charge in [0.15, 0.2) is 0 Å². The molecule has 0 atom stereocenters. The first-order chi connectivity index (χ1) is 7.28. The third-order valence-corrected chi connectivity index (χ3v) is 1.70. The summed E-state index contributed by atoms with van der Waals surface area (Å²) in [6.45, 7) is 2.77. The first kappa shape index (κ1) is 13.9. The summed E-state index contributed by atoms with van der Waals surface area (Å²) < 4.78 is 5.06. The fourth-order valence-corrected chi connectivity index (χ4v) is 0.995. The van der Waals surface area contributed by atoms with Gasteiger partial charge in [0.1, 0.15) is 5.75 Å². The largest absolute Gasteiger partial charge is 0.497 e. The fraction of sp³-hybridized carbons (Fsp3) is 0.455. The van der Waals surface area contributed by atoms with Crippen LogP contribution in [-0.4, -0.2) is 25.5 Å². The van der Waals surface area contributed by atoms with Gasteiger partial charge >= 0.3 is 0 Å². The Kier molecular flexibility index (Phi) is 8.76. The van der Waals surface area contributed by atoms with Crippen LogP contribution in [0.4, 0.5) is 0 Å². The van der Waals surface area contributed by atoms with E-state index in [1.807, 2.05) is 18.2 Å². The lowest BCUT2D eigenvalue weighted by Gasteiger charge is -2.01. The van der Waals surface area contributed by atoms with Gasteiger partial charge in [-0.2, -0.15) is 0 Å². The molecule has 0 bridgehead atoms. The molecule has 0 unspecified atom stereocenters. The molecule has 4 nitrogen and oxygen atoms in total. The molecular formula is C11H21NO3. The van der Waals surface area contributed by atoms with Gasteiger partial charge in [0.25, 0.3) is 0 Å². The third kappa shape index (κ3) is 6.90. The molecule has 0 aliphatic carbocycles. The zero-order chi connectivity index (χ0) is 11.5. The van der Waals surface area contributed by atoms with Crippen molar-refractivity contribution in [3.63, 3.8) is 0 Å². The lowest BCUT2D eigenvalue weighted by atomic mass is 10.1. The van der Waals surface area contributed by atoms with Gasteiger partial charge in [-0.25, -0.2) is 4.89 Å². The normalized spacial score (nSPS) is 9.07. The molecule has 15 heavy (non-hydrogen) atoms. The number of rotatable bonds is 4. The van der Waals surface area contributed by atoms with Gasteiger partial charge in [-0.1, -0.05) is 12.1 Å². The Morgan fingerprint density at radius 1 is 1.47 bits per heavy atom. The van der Waals surface area contributed by atoms with Crippen LogP contribution in [0, 0.1) is 0 Å². The highest BCUT2D eigenvalue weighted by Gasteiger charge is 1.92. The van der Waals surface area contributed by atoms with Gasteiger partial charge in [0.2, 0.25) is 0 Å². The summed E-state index contributed by atoms with van der Waals surface area (Å²) in [4.78, 5) is 3.54. The Morgan fingerprint density at radius 2 is 2.13 bits per heavy atom. The SMILES string of the molecule is CCOO.COc1cccc(CCN)c1.[HH]. The van der Waals surface area contributed by atoms with Gasteiger partial charge < -0.3 is 10.5 Å². The molecule has 0 aliphatic rings. The molecule has 0 amide bonds. The summed E-state index contributed by atoms with van der Waals surface area (Å²) in [7, 11) is 1.67. The average molecular weight is 215 g/mol. The van der Waals surface area contributed by atoms with Gasteiger partial charge in [0.05, 0.1) is 13.7 Å². The zero-order valence-corrected chi connectivity index (χ0v) is 9.27. The van der Waals surface area contributed by atoms with E-state index in [1.54, 1.807) is 14.0 Å². The Bertz CT molecular complexity index is 257. The molecule has 1 aromatic carbocycles. The van der Waals surface area contributed by atoms with Gasteiger partial charge in [-0.05, 0) is 37.6 Å². The van der Waals surface area contributed by atoms with E-state index >= 15 is 0 Å². The highest BCUT2D eigenvalue weighted by atomic mass is 17.1. The number of hydrogen-bond acceptors (Lipinski definition) is 4. The van der Waals surface area contributed by atoms with Gasteiger partial charge in [-0.15, -0.1) is 0 Å². The predicted molar refractivity (Wildman–Crippen MR) is 62.1 cm³/mol. The molecule has 3 N–H and O–H groups in total. The Balaban J connectivity index is 0. The molecule has 4 heteroatoms. The lowest BCUT2D eigenvalue weighted by molar-refractivity contribution is -0.237. The van der Waals surface area contributed by atoms with Crippen LogP contribution < -0.4 is 10.5 Å². The molecule has 0 heterocycles. The first-order valence-corrected chi connectivity index (χ1v) is 4.87. The fourth-order valence-electron chi connectivity index (χ4n) is 0.995. The third-order valence-electron chi connectivity index (χ3n) is 1.70.